The number of nitrogens with zero attached hydrogens (tertiary/aromatic N) is 5. The molecule has 0 spiro atoms. The Hall–Kier alpha value is -2.03. The van der Waals surface area contributed by atoms with Gasteiger partial charge in [0.2, 0.25) is 0 Å². The lowest BCUT2D eigenvalue weighted by Crippen LogP contribution is -2.47. The molecular weight excluding hydrogens is 333 g/mol. The van der Waals surface area contributed by atoms with E-state index in [1.54, 1.807) is 12.3 Å². The van der Waals surface area contributed by atoms with Crippen molar-refractivity contribution in [2.24, 2.45) is 0 Å². The van der Waals surface area contributed by atoms with Crippen LogP contribution in [0.2, 0.25) is 10.0 Å². The van der Waals surface area contributed by atoms with Gasteiger partial charge in [-0.25, -0.2) is 9.97 Å². The Morgan fingerprint density at radius 2 is 1.74 bits per heavy atom. The van der Waals surface area contributed by atoms with Gasteiger partial charge in [-0.1, -0.05) is 23.2 Å². The zero-order chi connectivity index (χ0) is 16.4. The molecule has 23 heavy (non-hydrogen) atoms. The largest absolute Gasteiger partial charge is 0.352 e. The standard InChI is InChI=1S/C16H15Cl2N5/c1-11-2-3-12(9-19)15(21-11)22-4-6-23(7-5-22)16-14(18)8-13(17)10-20-16/h2-3,8,10H,4-7H2,1H3. The van der Waals surface area contributed by atoms with Crippen LogP contribution in [0.15, 0.2) is 24.4 Å². The van der Waals surface area contributed by atoms with Crippen LogP contribution in [-0.4, -0.2) is 36.1 Å². The van der Waals surface area contributed by atoms with Crippen molar-refractivity contribution in [3.05, 3.63) is 45.7 Å². The molecular formula is C16H15Cl2N5. The molecule has 118 valence electrons. The van der Waals surface area contributed by atoms with Gasteiger partial charge in [-0.15, -0.1) is 0 Å². The number of aryl methyl sites for hydroxylation is 1. The first-order valence-corrected chi connectivity index (χ1v) is 8.03. The lowest BCUT2D eigenvalue weighted by Gasteiger charge is -2.36. The van der Waals surface area contributed by atoms with Gasteiger partial charge >= 0.3 is 0 Å². The van der Waals surface area contributed by atoms with Crippen molar-refractivity contribution in [1.82, 2.24) is 9.97 Å². The summed E-state index contributed by atoms with van der Waals surface area (Å²) in [5.74, 6) is 1.50. The monoisotopic (exact) mass is 347 g/mol. The SMILES string of the molecule is Cc1ccc(C#N)c(N2CCN(c3ncc(Cl)cc3Cl)CC2)n1. The molecule has 1 saturated heterocycles. The summed E-state index contributed by atoms with van der Waals surface area (Å²) < 4.78 is 0. The number of pyridine rings is 2. The van der Waals surface area contributed by atoms with E-state index in [4.69, 9.17) is 23.2 Å². The first-order valence-electron chi connectivity index (χ1n) is 7.27. The molecule has 3 rings (SSSR count). The molecule has 0 aromatic carbocycles. The van der Waals surface area contributed by atoms with E-state index in [1.165, 1.54) is 0 Å². The molecule has 2 aromatic heterocycles. The maximum Gasteiger partial charge on any atom is 0.147 e. The van der Waals surface area contributed by atoms with Crippen LogP contribution in [0, 0.1) is 18.3 Å². The minimum Gasteiger partial charge on any atom is -0.352 e. The number of anilines is 2. The molecule has 1 aliphatic heterocycles. The van der Waals surface area contributed by atoms with Crippen LogP contribution < -0.4 is 9.80 Å². The van der Waals surface area contributed by atoms with Gasteiger partial charge in [0.25, 0.3) is 0 Å². The number of hydrogen-bond donors (Lipinski definition) is 0. The maximum atomic E-state index is 9.27. The lowest BCUT2D eigenvalue weighted by atomic mass is 10.2. The van der Waals surface area contributed by atoms with Crippen molar-refractivity contribution in [3.8, 4) is 6.07 Å². The lowest BCUT2D eigenvalue weighted by molar-refractivity contribution is 0.640. The van der Waals surface area contributed by atoms with Crippen LogP contribution in [-0.2, 0) is 0 Å². The molecule has 5 nitrogen and oxygen atoms in total. The quantitative estimate of drug-likeness (QED) is 0.834. The second-order valence-corrected chi connectivity index (χ2v) is 6.21. The number of halogens is 2. The summed E-state index contributed by atoms with van der Waals surface area (Å²) in [5.41, 5.74) is 1.51. The topological polar surface area (TPSA) is 56.1 Å². The molecule has 0 unspecified atom stereocenters. The predicted octanol–water partition coefficient (Wildman–Crippen LogP) is 3.29. The Kier molecular flexibility index (Phi) is 4.56. The van der Waals surface area contributed by atoms with Crippen molar-refractivity contribution in [1.29, 1.82) is 5.26 Å². The zero-order valence-electron chi connectivity index (χ0n) is 12.6. The summed E-state index contributed by atoms with van der Waals surface area (Å²) in [4.78, 5) is 13.1. The van der Waals surface area contributed by atoms with Gasteiger partial charge in [-0.2, -0.15) is 5.26 Å². The molecule has 0 atom stereocenters. The Morgan fingerprint density at radius 3 is 2.35 bits per heavy atom. The minimum absolute atomic E-state index is 0.528. The summed E-state index contributed by atoms with van der Waals surface area (Å²) in [6, 6.07) is 7.59. The molecule has 1 aliphatic rings. The molecule has 2 aromatic rings. The van der Waals surface area contributed by atoms with Gasteiger partial charge in [0, 0.05) is 38.1 Å². The van der Waals surface area contributed by atoms with E-state index in [-0.39, 0.29) is 0 Å². The third-order valence-electron chi connectivity index (χ3n) is 3.80. The maximum absolute atomic E-state index is 9.27. The van der Waals surface area contributed by atoms with Crippen LogP contribution in [0.25, 0.3) is 0 Å². The summed E-state index contributed by atoms with van der Waals surface area (Å²) in [6.07, 6.45) is 1.60. The molecule has 0 aliphatic carbocycles. The summed E-state index contributed by atoms with van der Waals surface area (Å²) in [7, 11) is 0. The van der Waals surface area contributed by atoms with Gasteiger partial charge < -0.3 is 9.80 Å². The molecule has 7 heteroatoms. The fourth-order valence-electron chi connectivity index (χ4n) is 2.64. The van der Waals surface area contributed by atoms with Crippen molar-refractivity contribution in [2.45, 2.75) is 6.92 Å². The Balaban J connectivity index is 1.76. The highest BCUT2D eigenvalue weighted by Gasteiger charge is 2.22. The molecule has 0 amide bonds. The van der Waals surface area contributed by atoms with Crippen LogP contribution in [0.4, 0.5) is 11.6 Å². The second kappa shape index (κ2) is 6.61. The van der Waals surface area contributed by atoms with Gasteiger partial charge in [-0.3, -0.25) is 0 Å². The Labute approximate surface area is 145 Å². The highest BCUT2D eigenvalue weighted by atomic mass is 35.5. The van der Waals surface area contributed by atoms with E-state index in [9.17, 15) is 5.26 Å². The number of nitriles is 1. The van der Waals surface area contributed by atoms with E-state index in [1.807, 2.05) is 19.1 Å². The first kappa shape index (κ1) is 15.9. The van der Waals surface area contributed by atoms with Gasteiger partial charge in [0.1, 0.15) is 17.7 Å². The number of rotatable bonds is 2. The third kappa shape index (κ3) is 3.34. The number of hydrogen-bond acceptors (Lipinski definition) is 5. The average Bonchev–Trinajstić information content (AvgIpc) is 2.55. The summed E-state index contributed by atoms with van der Waals surface area (Å²) in [6.45, 7) is 4.96. The van der Waals surface area contributed by atoms with E-state index in [0.29, 0.717) is 15.6 Å². The predicted molar refractivity (Wildman–Crippen MR) is 92.4 cm³/mol. The molecule has 0 saturated carbocycles. The highest BCUT2D eigenvalue weighted by Crippen LogP contribution is 2.28. The van der Waals surface area contributed by atoms with Crippen LogP contribution in [0.5, 0.6) is 0 Å². The van der Waals surface area contributed by atoms with Crippen LogP contribution >= 0.6 is 23.2 Å². The molecule has 3 heterocycles. The number of aromatic nitrogens is 2. The second-order valence-electron chi connectivity index (χ2n) is 5.37. The smallest absolute Gasteiger partial charge is 0.147 e. The van der Waals surface area contributed by atoms with Gasteiger partial charge in [0.05, 0.1) is 15.6 Å². The van der Waals surface area contributed by atoms with E-state index in [2.05, 4.69) is 25.8 Å². The van der Waals surface area contributed by atoms with Crippen molar-refractivity contribution in [3.63, 3.8) is 0 Å². The summed E-state index contributed by atoms with van der Waals surface area (Å²) >= 11 is 12.1. The number of piperazine rings is 1. The summed E-state index contributed by atoms with van der Waals surface area (Å²) in [5, 5.41) is 10.3. The Morgan fingerprint density at radius 1 is 1.09 bits per heavy atom. The zero-order valence-corrected chi connectivity index (χ0v) is 14.1. The van der Waals surface area contributed by atoms with Crippen molar-refractivity contribution >= 4 is 34.8 Å². The van der Waals surface area contributed by atoms with E-state index >= 15 is 0 Å². The molecule has 0 radical (unpaired) electrons. The molecule has 0 bridgehead atoms. The molecule has 1 fully saturated rings. The normalized spacial score (nSPS) is 14.7. The van der Waals surface area contributed by atoms with Crippen molar-refractivity contribution in [2.75, 3.05) is 36.0 Å². The first-order chi connectivity index (χ1) is 11.1. The van der Waals surface area contributed by atoms with E-state index < -0.39 is 0 Å². The van der Waals surface area contributed by atoms with Crippen LogP contribution in [0.1, 0.15) is 11.3 Å². The fourth-order valence-corrected chi connectivity index (χ4v) is 3.14. The minimum atomic E-state index is 0.528. The molecule has 0 N–H and O–H groups in total. The fraction of sp³-hybridized carbons (Fsp3) is 0.312. The average molecular weight is 348 g/mol. The van der Waals surface area contributed by atoms with Gasteiger partial charge in [0.15, 0.2) is 0 Å². The van der Waals surface area contributed by atoms with Crippen LogP contribution in [0.3, 0.4) is 0 Å². The van der Waals surface area contributed by atoms with E-state index in [0.717, 1.165) is 43.5 Å². The van der Waals surface area contributed by atoms with Gasteiger partial charge in [-0.05, 0) is 25.1 Å². The third-order valence-corrected chi connectivity index (χ3v) is 4.29. The highest BCUT2D eigenvalue weighted by molar-refractivity contribution is 6.36. The van der Waals surface area contributed by atoms with Crippen molar-refractivity contribution < 1.29 is 0 Å². The Bertz CT molecular complexity index is 764.